The molecular weight excluding hydrogens is 202 g/mol. The molecule has 0 atom stereocenters. The van der Waals surface area contributed by atoms with Gasteiger partial charge in [-0.1, -0.05) is 29.8 Å². The van der Waals surface area contributed by atoms with Crippen LogP contribution in [-0.2, 0) is 6.42 Å². The fraction of sp³-hybridized carbons (Fsp3) is 0.111. The highest BCUT2D eigenvalue weighted by atomic mass is 35.5. The second-order valence-electron chi connectivity index (χ2n) is 2.81. The molecule has 14 heavy (non-hydrogen) atoms. The summed E-state index contributed by atoms with van der Waals surface area (Å²) >= 11 is 5.96. The van der Waals surface area contributed by atoms with E-state index in [0.29, 0.717) is 17.3 Å². The van der Waals surface area contributed by atoms with Crippen molar-refractivity contribution < 1.29 is 4.52 Å². The fourth-order valence-corrected chi connectivity index (χ4v) is 1.35. The summed E-state index contributed by atoms with van der Waals surface area (Å²) in [6.07, 6.45) is 0.504. The van der Waals surface area contributed by atoms with Gasteiger partial charge < -0.3 is 10.3 Å². The molecule has 0 aliphatic heterocycles. The van der Waals surface area contributed by atoms with Crippen LogP contribution in [0.5, 0.6) is 0 Å². The van der Waals surface area contributed by atoms with Crippen molar-refractivity contribution in [3.8, 4) is 0 Å². The molecular formula is C9H8ClN3O. The zero-order chi connectivity index (χ0) is 9.97. The molecule has 0 radical (unpaired) electrons. The number of hydrogen-bond donors (Lipinski definition) is 1. The van der Waals surface area contributed by atoms with E-state index in [0.717, 1.165) is 5.56 Å². The van der Waals surface area contributed by atoms with Gasteiger partial charge in [-0.3, -0.25) is 0 Å². The minimum atomic E-state index is 0.145. The van der Waals surface area contributed by atoms with Crippen LogP contribution in [0.3, 0.4) is 0 Å². The Hall–Kier alpha value is -1.55. The van der Waals surface area contributed by atoms with Gasteiger partial charge in [-0.15, -0.1) is 0 Å². The van der Waals surface area contributed by atoms with E-state index in [1.54, 1.807) is 0 Å². The number of benzene rings is 1. The van der Waals surface area contributed by atoms with E-state index < -0.39 is 0 Å². The Balaban J connectivity index is 2.23. The summed E-state index contributed by atoms with van der Waals surface area (Å²) in [5.74, 6) is 0.614. The Kier molecular flexibility index (Phi) is 2.37. The normalized spacial score (nSPS) is 10.4. The number of nitrogens with zero attached hydrogens (tertiary/aromatic N) is 2. The Morgan fingerprint density at radius 3 is 2.79 bits per heavy atom. The summed E-state index contributed by atoms with van der Waals surface area (Å²) in [5.41, 5.74) is 6.26. The van der Waals surface area contributed by atoms with Crippen LogP contribution in [0.1, 0.15) is 11.5 Å². The molecule has 0 aliphatic carbocycles. The van der Waals surface area contributed by atoms with Gasteiger partial charge in [0, 0.05) is 5.02 Å². The van der Waals surface area contributed by atoms with Gasteiger partial charge in [-0.05, 0) is 16.8 Å². The number of nitrogens with two attached hydrogens (primary N) is 1. The lowest BCUT2D eigenvalue weighted by Crippen LogP contribution is -1.90. The van der Waals surface area contributed by atoms with Crippen molar-refractivity contribution >= 4 is 17.5 Å². The highest BCUT2D eigenvalue weighted by Crippen LogP contribution is 2.18. The number of aromatic nitrogens is 2. The third kappa shape index (κ3) is 1.85. The van der Waals surface area contributed by atoms with Crippen LogP contribution in [-0.4, -0.2) is 10.1 Å². The van der Waals surface area contributed by atoms with Gasteiger partial charge in [0.2, 0.25) is 5.89 Å². The molecule has 1 aromatic carbocycles. The first-order valence-corrected chi connectivity index (χ1v) is 4.45. The average molecular weight is 210 g/mol. The van der Waals surface area contributed by atoms with E-state index in [9.17, 15) is 0 Å². The minimum absolute atomic E-state index is 0.145. The van der Waals surface area contributed by atoms with Crippen LogP contribution in [0, 0.1) is 0 Å². The predicted octanol–water partition coefficient (Wildman–Crippen LogP) is 1.90. The summed E-state index contributed by atoms with van der Waals surface area (Å²) in [6, 6.07) is 7.49. The van der Waals surface area contributed by atoms with Crippen molar-refractivity contribution in [3.05, 3.63) is 40.7 Å². The predicted molar refractivity (Wildman–Crippen MR) is 53.0 cm³/mol. The van der Waals surface area contributed by atoms with Crippen LogP contribution >= 0.6 is 11.6 Å². The first-order valence-electron chi connectivity index (χ1n) is 4.07. The van der Waals surface area contributed by atoms with Gasteiger partial charge >= 0.3 is 0 Å². The number of nitrogen functional groups attached to an aromatic ring is 1. The third-order valence-corrected chi connectivity index (χ3v) is 2.15. The molecule has 0 spiro atoms. The van der Waals surface area contributed by atoms with E-state index in [1.165, 1.54) is 0 Å². The van der Waals surface area contributed by atoms with Gasteiger partial charge in [0.1, 0.15) is 0 Å². The number of anilines is 1. The highest BCUT2D eigenvalue weighted by molar-refractivity contribution is 6.31. The third-order valence-electron chi connectivity index (χ3n) is 1.78. The van der Waals surface area contributed by atoms with E-state index in [-0.39, 0.29) is 5.95 Å². The molecule has 0 saturated heterocycles. The maximum absolute atomic E-state index is 5.96. The van der Waals surface area contributed by atoms with Crippen molar-refractivity contribution in [2.24, 2.45) is 0 Å². The van der Waals surface area contributed by atoms with Crippen molar-refractivity contribution in [1.29, 1.82) is 0 Å². The van der Waals surface area contributed by atoms with E-state index >= 15 is 0 Å². The number of halogens is 1. The first kappa shape index (κ1) is 9.02. The van der Waals surface area contributed by atoms with Gasteiger partial charge in [0.25, 0.3) is 5.95 Å². The van der Waals surface area contributed by atoms with E-state index in [2.05, 4.69) is 10.1 Å². The molecule has 0 unspecified atom stereocenters. The fourth-order valence-electron chi connectivity index (χ4n) is 1.14. The maximum atomic E-state index is 5.96. The Morgan fingerprint density at radius 2 is 2.14 bits per heavy atom. The van der Waals surface area contributed by atoms with Crippen molar-refractivity contribution in [2.45, 2.75) is 6.42 Å². The van der Waals surface area contributed by atoms with Gasteiger partial charge in [0.15, 0.2) is 0 Å². The molecule has 1 aromatic heterocycles. The Labute approximate surface area is 85.7 Å². The summed E-state index contributed by atoms with van der Waals surface area (Å²) in [7, 11) is 0. The largest absolute Gasteiger partial charge is 0.365 e. The van der Waals surface area contributed by atoms with Crippen LogP contribution in [0.25, 0.3) is 0 Å². The summed E-state index contributed by atoms with van der Waals surface area (Å²) in [4.78, 5) is 3.89. The molecule has 0 amide bonds. The molecule has 0 saturated carbocycles. The van der Waals surface area contributed by atoms with Crippen LogP contribution in [0.4, 0.5) is 5.95 Å². The van der Waals surface area contributed by atoms with Crippen molar-refractivity contribution in [1.82, 2.24) is 10.1 Å². The highest BCUT2D eigenvalue weighted by Gasteiger charge is 2.06. The second kappa shape index (κ2) is 3.67. The van der Waals surface area contributed by atoms with Crippen LogP contribution < -0.4 is 5.73 Å². The molecule has 4 nitrogen and oxygen atoms in total. The average Bonchev–Trinajstić information content (AvgIpc) is 2.56. The van der Waals surface area contributed by atoms with Crippen LogP contribution in [0.15, 0.2) is 28.8 Å². The van der Waals surface area contributed by atoms with Crippen LogP contribution in [0.2, 0.25) is 5.02 Å². The summed E-state index contributed by atoms with van der Waals surface area (Å²) < 4.78 is 4.88. The standard InChI is InChI=1S/C9H8ClN3O/c10-7-4-2-1-3-6(7)5-8-12-9(11)13-14-8/h1-4H,5H2,(H2,11,13). The minimum Gasteiger partial charge on any atom is -0.365 e. The SMILES string of the molecule is Nc1noc(Cc2ccccc2Cl)n1. The van der Waals surface area contributed by atoms with Crippen molar-refractivity contribution in [2.75, 3.05) is 5.73 Å². The summed E-state index contributed by atoms with van der Waals surface area (Å²) in [6.45, 7) is 0. The quantitative estimate of drug-likeness (QED) is 0.821. The molecule has 72 valence electrons. The molecule has 0 bridgehead atoms. The molecule has 2 rings (SSSR count). The van der Waals surface area contributed by atoms with Crippen molar-refractivity contribution in [3.63, 3.8) is 0 Å². The molecule has 0 aliphatic rings. The monoisotopic (exact) mass is 209 g/mol. The zero-order valence-electron chi connectivity index (χ0n) is 7.27. The lowest BCUT2D eigenvalue weighted by Gasteiger charge is -1.98. The Morgan fingerprint density at radius 1 is 1.36 bits per heavy atom. The Bertz CT molecular complexity index is 441. The lowest BCUT2D eigenvalue weighted by molar-refractivity contribution is 0.386. The topological polar surface area (TPSA) is 64.9 Å². The second-order valence-corrected chi connectivity index (χ2v) is 3.22. The molecule has 5 heteroatoms. The van der Waals surface area contributed by atoms with Gasteiger partial charge in [-0.2, -0.15) is 4.98 Å². The molecule has 1 heterocycles. The molecule has 0 fully saturated rings. The number of hydrogen-bond acceptors (Lipinski definition) is 4. The van der Waals surface area contributed by atoms with E-state index in [4.69, 9.17) is 21.9 Å². The lowest BCUT2D eigenvalue weighted by atomic mass is 10.1. The molecule has 2 N–H and O–H groups in total. The van der Waals surface area contributed by atoms with E-state index in [1.807, 2.05) is 24.3 Å². The molecule has 2 aromatic rings. The smallest absolute Gasteiger partial charge is 0.260 e. The van der Waals surface area contributed by atoms with Gasteiger partial charge in [-0.25, -0.2) is 0 Å². The van der Waals surface area contributed by atoms with Gasteiger partial charge in [0.05, 0.1) is 6.42 Å². The zero-order valence-corrected chi connectivity index (χ0v) is 8.03. The maximum Gasteiger partial charge on any atom is 0.260 e. The summed E-state index contributed by atoms with van der Waals surface area (Å²) in [5, 5.41) is 4.18. The first-order chi connectivity index (χ1) is 6.75. The number of rotatable bonds is 2.